The van der Waals surface area contributed by atoms with Gasteiger partial charge in [-0.3, -0.25) is 14.5 Å². The molecule has 1 aliphatic heterocycles. The average molecular weight is 356 g/mol. The summed E-state index contributed by atoms with van der Waals surface area (Å²) in [5.74, 6) is -0.763. The van der Waals surface area contributed by atoms with Gasteiger partial charge in [-0.1, -0.05) is 46.9 Å². The third-order valence-corrected chi connectivity index (χ3v) is 4.39. The van der Waals surface area contributed by atoms with Crippen LogP contribution in [0.25, 0.3) is 0 Å². The van der Waals surface area contributed by atoms with Crippen LogP contribution in [0.4, 0.5) is 11.4 Å². The van der Waals surface area contributed by atoms with Crippen molar-refractivity contribution in [3.63, 3.8) is 0 Å². The van der Waals surface area contributed by atoms with Gasteiger partial charge in [-0.15, -0.1) is 0 Å². The summed E-state index contributed by atoms with van der Waals surface area (Å²) in [6, 6.07) is 10.0. The highest BCUT2D eigenvalue weighted by Crippen LogP contribution is 2.36. The van der Waals surface area contributed by atoms with Crippen molar-refractivity contribution in [3.8, 4) is 0 Å². The third kappa shape index (κ3) is 2.54. The summed E-state index contributed by atoms with van der Waals surface area (Å²) in [5.41, 5.74) is 1.22. The Balaban J connectivity index is 2.11. The Morgan fingerprint density at radius 2 is 1.73 bits per heavy atom. The van der Waals surface area contributed by atoms with Gasteiger partial charge in [0.05, 0.1) is 32.0 Å². The summed E-state index contributed by atoms with van der Waals surface area (Å²) in [7, 11) is 0. The van der Waals surface area contributed by atoms with E-state index in [1.807, 2.05) is 0 Å². The van der Waals surface area contributed by atoms with Gasteiger partial charge in [-0.2, -0.15) is 0 Å². The number of carbonyl (C=O) groups is 2. The van der Waals surface area contributed by atoms with Crippen LogP contribution in [0.15, 0.2) is 36.4 Å². The molecular formula is C15H9Cl3N2O2. The summed E-state index contributed by atoms with van der Waals surface area (Å²) >= 11 is 18.2. The van der Waals surface area contributed by atoms with Gasteiger partial charge in [0.25, 0.3) is 5.91 Å². The largest absolute Gasteiger partial charge is 0.323 e. The lowest BCUT2D eigenvalue weighted by molar-refractivity contribution is -0.115. The highest BCUT2D eigenvalue weighted by atomic mass is 35.5. The van der Waals surface area contributed by atoms with Gasteiger partial charge < -0.3 is 5.32 Å². The summed E-state index contributed by atoms with van der Waals surface area (Å²) in [5, 5.41) is 3.19. The van der Waals surface area contributed by atoms with Crippen LogP contribution in [0.1, 0.15) is 10.4 Å². The first-order chi connectivity index (χ1) is 10.5. The van der Waals surface area contributed by atoms with Gasteiger partial charge >= 0.3 is 0 Å². The molecule has 4 nitrogen and oxygen atoms in total. The predicted molar refractivity (Wildman–Crippen MR) is 88.2 cm³/mol. The maximum Gasteiger partial charge on any atom is 0.261 e. The number of anilines is 2. The number of nitrogens with one attached hydrogen (secondary N) is 1. The molecule has 0 aromatic heterocycles. The quantitative estimate of drug-likeness (QED) is 0.778. The highest BCUT2D eigenvalue weighted by Gasteiger charge is 2.30. The molecule has 1 N–H and O–H groups in total. The van der Waals surface area contributed by atoms with Crippen LogP contribution in [0, 0.1) is 0 Å². The highest BCUT2D eigenvalue weighted by molar-refractivity contribution is 6.46. The van der Waals surface area contributed by atoms with E-state index in [1.54, 1.807) is 24.3 Å². The second-order valence-electron chi connectivity index (χ2n) is 4.67. The van der Waals surface area contributed by atoms with E-state index in [-0.39, 0.29) is 33.1 Å². The van der Waals surface area contributed by atoms with Crippen molar-refractivity contribution >= 4 is 58.0 Å². The van der Waals surface area contributed by atoms with Gasteiger partial charge in [-0.25, -0.2) is 0 Å². The molecule has 0 saturated heterocycles. The topological polar surface area (TPSA) is 49.4 Å². The Morgan fingerprint density at radius 3 is 2.50 bits per heavy atom. The van der Waals surface area contributed by atoms with E-state index >= 15 is 0 Å². The molecule has 0 spiro atoms. The summed E-state index contributed by atoms with van der Waals surface area (Å²) < 4.78 is 0. The molecule has 0 atom stereocenters. The first-order valence-electron chi connectivity index (χ1n) is 6.33. The first-order valence-corrected chi connectivity index (χ1v) is 7.46. The number of rotatable bonds is 1. The Morgan fingerprint density at radius 1 is 1.05 bits per heavy atom. The van der Waals surface area contributed by atoms with E-state index < -0.39 is 5.91 Å². The number of hydrogen-bond acceptors (Lipinski definition) is 2. The van der Waals surface area contributed by atoms with Crippen LogP contribution in [0.5, 0.6) is 0 Å². The molecule has 0 radical (unpaired) electrons. The van der Waals surface area contributed by atoms with E-state index in [4.69, 9.17) is 34.8 Å². The third-order valence-electron chi connectivity index (χ3n) is 3.27. The number of carbonyl (C=O) groups excluding carboxylic acids is 2. The van der Waals surface area contributed by atoms with Gasteiger partial charge in [0.2, 0.25) is 5.91 Å². The Hall–Kier alpha value is -1.75. The number of halogens is 3. The maximum absolute atomic E-state index is 12.8. The van der Waals surface area contributed by atoms with Gasteiger partial charge in [0, 0.05) is 0 Å². The lowest BCUT2D eigenvalue weighted by atomic mass is 10.1. The van der Waals surface area contributed by atoms with Crippen molar-refractivity contribution in [1.82, 2.24) is 0 Å². The van der Waals surface area contributed by atoms with E-state index in [9.17, 15) is 9.59 Å². The molecule has 112 valence electrons. The second-order valence-corrected chi connectivity index (χ2v) is 5.87. The SMILES string of the molecule is O=C1CN(C(=O)c2c(Cl)ccc(Cl)c2Cl)c2ccccc2N1. The predicted octanol–water partition coefficient (Wildman–Crippen LogP) is 4.25. The van der Waals surface area contributed by atoms with Crippen LogP contribution in [0.3, 0.4) is 0 Å². The molecule has 7 heteroatoms. The average Bonchev–Trinajstić information content (AvgIpc) is 2.50. The van der Waals surface area contributed by atoms with Crippen molar-refractivity contribution in [2.45, 2.75) is 0 Å². The molecule has 0 bridgehead atoms. The smallest absolute Gasteiger partial charge is 0.261 e. The van der Waals surface area contributed by atoms with Gasteiger partial charge in [0.1, 0.15) is 6.54 Å². The monoisotopic (exact) mass is 354 g/mol. The minimum absolute atomic E-state index is 0.0719. The maximum atomic E-state index is 12.8. The standard InChI is InChI=1S/C15H9Cl3N2O2/c16-8-5-6-9(17)14(18)13(8)15(22)20-7-12(21)19-10-3-1-2-4-11(10)20/h1-6H,7H2,(H,19,21). The zero-order valence-electron chi connectivity index (χ0n) is 11.1. The lowest BCUT2D eigenvalue weighted by Gasteiger charge is -2.29. The zero-order valence-corrected chi connectivity index (χ0v) is 13.3. The first kappa shape index (κ1) is 15.2. The molecule has 0 fully saturated rings. The Labute approximate surface area is 141 Å². The van der Waals surface area contributed by atoms with Gasteiger partial charge in [0.15, 0.2) is 0 Å². The van der Waals surface area contributed by atoms with Crippen molar-refractivity contribution < 1.29 is 9.59 Å². The van der Waals surface area contributed by atoms with Crippen LogP contribution >= 0.6 is 34.8 Å². The lowest BCUT2D eigenvalue weighted by Crippen LogP contribution is -2.42. The van der Waals surface area contributed by atoms with Crippen LogP contribution < -0.4 is 10.2 Å². The number of nitrogens with zero attached hydrogens (tertiary/aromatic N) is 1. The minimum Gasteiger partial charge on any atom is -0.323 e. The number of amides is 2. The van der Waals surface area contributed by atoms with Gasteiger partial charge in [-0.05, 0) is 24.3 Å². The Kier molecular flexibility index (Phi) is 4.00. The second kappa shape index (κ2) is 5.80. The molecule has 0 aliphatic carbocycles. The normalized spacial score (nSPS) is 13.6. The van der Waals surface area contributed by atoms with Crippen molar-refractivity contribution in [2.75, 3.05) is 16.8 Å². The van der Waals surface area contributed by atoms with E-state index in [0.29, 0.717) is 11.4 Å². The van der Waals surface area contributed by atoms with E-state index in [2.05, 4.69) is 5.32 Å². The molecule has 2 aromatic carbocycles. The van der Waals surface area contributed by atoms with Crippen molar-refractivity contribution in [3.05, 3.63) is 57.0 Å². The molecule has 2 aromatic rings. The minimum atomic E-state index is -0.472. The molecule has 22 heavy (non-hydrogen) atoms. The Bertz CT molecular complexity index is 792. The summed E-state index contributed by atoms with van der Waals surface area (Å²) in [4.78, 5) is 26.0. The number of hydrogen-bond donors (Lipinski definition) is 1. The molecular weight excluding hydrogens is 347 g/mol. The molecule has 2 amide bonds. The van der Waals surface area contributed by atoms with Crippen LogP contribution in [-0.4, -0.2) is 18.4 Å². The number of benzene rings is 2. The fraction of sp³-hybridized carbons (Fsp3) is 0.0667. The molecule has 3 rings (SSSR count). The van der Waals surface area contributed by atoms with Crippen molar-refractivity contribution in [2.24, 2.45) is 0 Å². The van der Waals surface area contributed by atoms with Crippen LogP contribution in [-0.2, 0) is 4.79 Å². The fourth-order valence-corrected chi connectivity index (χ4v) is 2.96. The number of fused-ring (bicyclic) bond motifs is 1. The molecule has 1 aliphatic rings. The van der Waals surface area contributed by atoms with E-state index in [1.165, 1.54) is 17.0 Å². The molecule has 0 saturated carbocycles. The van der Waals surface area contributed by atoms with Crippen molar-refractivity contribution in [1.29, 1.82) is 0 Å². The van der Waals surface area contributed by atoms with Crippen LogP contribution in [0.2, 0.25) is 15.1 Å². The molecule has 1 heterocycles. The summed E-state index contributed by atoms with van der Waals surface area (Å²) in [6.45, 7) is -0.116. The number of para-hydroxylation sites is 2. The van der Waals surface area contributed by atoms with E-state index in [0.717, 1.165) is 0 Å². The zero-order chi connectivity index (χ0) is 15.9. The fourth-order valence-electron chi connectivity index (χ4n) is 2.27. The molecule has 0 unspecified atom stereocenters. The summed E-state index contributed by atoms with van der Waals surface area (Å²) in [6.07, 6.45) is 0.